The van der Waals surface area contributed by atoms with Gasteiger partial charge in [0.1, 0.15) is 31.0 Å². The number of rotatable bonds is 27. The molecule has 0 saturated carbocycles. The number of alkyl halides is 3. The number of amides is 2. The molecule has 5 heterocycles. The van der Waals surface area contributed by atoms with Crippen molar-refractivity contribution < 1.29 is 58.9 Å². The molecule has 0 radical (unpaired) electrons. The second-order valence-corrected chi connectivity index (χ2v) is 18.1. The predicted octanol–water partition coefficient (Wildman–Crippen LogP) is -0.823. The van der Waals surface area contributed by atoms with Crippen molar-refractivity contribution in [1.82, 2.24) is 54.7 Å². The molecule has 2 aliphatic rings. The first-order valence-corrected chi connectivity index (χ1v) is 24.3. The molecule has 0 aromatic carbocycles. The number of hydrogen-bond donors (Lipinski definition) is 3. The lowest BCUT2D eigenvalue weighted by molar-refractivity contribution is -0.200. The molecule has 402 valence electrons. The predicted molar refractivity (Wildman–Crippen MR) is 255 cm³/mol. The molecule has 72 heavy (non-hydrogen) atoms. The summed E-state index contributed by atoms with van der Waals surface area (Å²) in [4.78, 5) is 61.8. The van der Waals surface area contributed by atoms with Gasteiger partial charge >= 0.3 is 12.1 Å². The van der Waals surface area contributed by atoms with Crippen LogP contribution >= 0.6 is 0 Å². The van der Waals surface area contributed by atoms with Gasteiger partial charge in [-0.2, -0.15) is 28.1 Å². The SMILES string of the molecule is C#CCOCCOCCOCCNc1nc(N2CCN(C(=O)C([C@@H](C)CC)n3cc(C(N)COC(=O)C(F)(F)F)nn3)CC2)nc(N2CCN(C(=O)C([C@@H](C)CC)n3cc(C(N)CC(C)C)nn3)CC2)n1.[Cl-]. The van der Waals surface area contributed by atoms with Crippen molar-refractivity contribution >= 4 is 35.6 Å². The van der Waals surface area contributed by atoms with Crippen LogP contribution in [0.4, 0.5) is 31.0 Å². The van der Waals surface area contributed by atoms with Crippen molar-refractivity contribution in [2.24, 2.45) is 29.2 Å². The number of nitrogens with zero attached hydrogens (tertiary/aromatic N) is 13. The van der Waals surface area contributed by atoms with Crippen LogP contribution < -0.4 is 39.0 Å². The molecule has 0 bridgehead atoms. The van der Waals surface area contributed by atoms with E-state index in [9.17, 15) is 27.6 Å². The number of anilines is 3. The molecule has 2 fully saturated rings. The minimum atomic E-state index is -5.17. The number of nitrogens with one attached hydrogen (secondary N) is 1. The number of esters is 1. The number of carbonyl (C=O) groups is 3. The fourth-order valence-corrected chi connectivity index (χ4v) is 7.98. The normalized spacial score (nSPS) is 16.9. The third-order valence-corrected chi connectivity index (χ3v) is 12.4. The lowest BCUT2D eigenvalue weighted by atomic mass is 9.97. The minimum Gasteiger partial charge on any atom is -1.00 e. The zero-order chi connectivity index (χ0) is 51.7. The van der Waals surface area contributed by atoms with Crippen LogP contribution in [-0.2, 0) is 33.3 Å². The van der Waals surface area contributed by atoms with Crippen molar-refractivity contribution in [2.75, 3.05) is 120 Å². The average molecular weight is 1040 g/mol. The highest BCUT2D eigenvalue weighted by Gasteiger charge is 2.41. The van der Waals surface area contributed by atoms with Gasteiger partial charge in [-0.05, 0) is 24.2 Å². The molecule has 23 nitrogen and oxygen atoms in total. The van der Waals surface area contributed by atoms with Gasteiger partial charge in [0, 0.05) is 58.9 Å². The van der Waals surface area contributed by atoms with Crippen molar-refractivity contribution in [3.05, 3.63) is 23.8 Å². The molecular weight excluding hydrogens is 969 g/mol. The van der Waals surface area contributed by atoms with Crippen LogP contribution in [0, 0.1) is 30.1 Å². The second kappa shape index (κ2) is 28.7. The van der Waals surface area contributed by atoms with E-state index in [1.807, 2.05) is 42.4 Å². The number of ether oxygens (including phenoxy) is 4. The summed E-state index contributed by atoms with van der Waals surface area (Å²) in [6.07, 6.45) is 5.33. The molecule has 6 atom stereocenters. The number of terminal acetylenes is 1. The minimum absolute atomic E-state index is 0. The van der Waals surface area contributed by atoms with E-state index in [4.69, 9.17) is 47.1 Å². The Kier molecular flexibility index (Phi) is 23.6. The smallest absolute Gasteiger partial charge is 0.490 e. The number of carbonyl (C=O) groups excluding carboxylic acids is 3. The van der Waals surface area contributed by atoms with Crippen LogP contribution in [-0.4, -0.2) is 184 Å². The van der Waals surface area contributed by atoms with Gasteiger partial charge in [0.05, 0.1) is 63.2 Å². The molecule has 0 aliphatic carbocycles. The molecule has 0 spiro atoms. The Hall–Kier alpha value is -5.46. The summed E-state index contributed by atoms with van der Waals surface area (Å²) in [5.41, 5.74) is 13.1. The van der Waals surface area contributed by atoms with E-state index >= 15 is 0 Å². The lowest BCUT2D eigenvalue weighted by Crippen LogP contribution is -3.00. The molecule has 5 N–H and O–H groups in total. The standard InChI is InChI=1S/C45H71F3N16O7.ClH/c1-8-20-68-22-24-70-25-23-69-21-11-51-42-52-43(61-16-12-59(13-17-61)39(65)37(31(6)9-2)63-27-35(55-57-63)33(49)26-30(4)5)54-44(53-42)62-18-14-60(15-19-62)40(66)38(32(7)10-3)64-28-36(56-58-64)34(50)29-71-41(67)45(46,47)48;/h1,27-28,30-34,37-38H,9-26,29,49-50H2,2-7H3,(H,51,52,53,54);1H/p-1/t31-,32-,33?,34?,37?,38?;/m0./s1. The number of nitrogens with two attached hydrogens (primary N) is 2. The van der Waals surface area contributed by atoms with Gasteiger partial charge in [0.2, 0.25) is 29.7 Å². The molecule has 2 aliphatic heterocycles. The van der Waals surface area contributed by atoms with Crippen LogP contribution in [0.25, 0.3) is 0 Å². The maximum absolute atomic E-state index is 14.3. The molecule has 3 aromatic rings. The monoisotopic (exact) mass is 1040 g/mol. The van der Waals surface area contributed by atoms with Crippen molar-refractivity contribution in [3.8, 4) is 12.3 Å². The number of hydrogen-bond acceptors (Lipinski definition) is 19. The highest BCUT2D eigenvalue weighted by Crippen LogP contribution is 2.29. The topological polar surface area (TPSA) is 265 Å². The van der Waals surface area contributed by atoms with Crippen molar-refractivity contribution in [1.29, 1.82) is 0 Å². The first-order chi connectivity index (χ1) is 33.9. The van der Waals surface area contributed by atoms with E-state index in [1.165, 1.54) is 10.9 Å². The van der Waals surface area contributed by atoms with E-state index in [2.05, 4.69) is 50.4 Å². The van der Waals surface area contributed by atoms with Gasteiger partial charge in [-0.1, -0.05) is 70.7 Å². The van der Waals surface area contributed by atoms with E-state index in [0.717, 1.165) is 12.8 Å². The lowest BCUT2D eigenvalue weighted by Gasteiger charge is -2.38. The van der Waals surface area contributed by atoms with Crippen molar-refractivity contribution in [3.63, 3.8) is 0 Å². The van der Waals surface area contributed by atoms with Crippen LogP contribution in [0.2, 0.25) is 0 Å². The quantitative estimate of drug-likeness (QED) is 0.0478. The van der Waals surface area contributed by atoms with E-state index in [1.54, 1.807) is 15.8 Å². The highest BCUT2D eigenvalue weighted by molar-refractivity contribution is 5.81. The Morgan fingerprint density at radius 3 is 1.62 bits per heavy atom. The van der Waals surface area contributed by atoms with Crippen LogP contribution in [0.5, 0.6) is 0 Å². The van der Waals surface area contributed by atoms with Gasteiger partial charge in [0.25, 0.3) is 0 Å². The zero-order valence-corrected chi connectivity index (χ0v) is 42.8. The van der Waals surface area contributed by atoms with E-state index in [0.29, 0.717) is 128 Å². The Balaban J connectivity index is 0.0000112. The molecule has 4 unspecified atom stereocenters. The zero-order valence-electron chi connectivity index (χ0n) is 42.0. The number of piperazine rings is 2. The summed E-state index contributed by atoms with van der Waals surface area (Å²) in [7, 11) is 0. The summed E-state index contributed by atoms with van der Waals surface area (Å²) in [5.74, 6) is 1.07. The summed E-state index contributed by atoms with van der Waals surface area (Å²) in [6.45, 7) is 16.9. The van der Waals surface area contributed by atoms with Gasteiger partial charge in [0.15, 0.2) is 0 Å². The average Bonchev–Trinajstić information content (AvgIpc) is 4.06. The van der Waals surface area contributed by atoms with Gasteiger partial charge in [-0.25, -0.2) is 14.2 Å². The third-order valence-electron chi connectivity index (χ3n) is 12.4. The first-order valence-electron chi connectivity index (χ1n) is 24.3. The second-order valence-electron chi connectivity index (χ2n) is 18.1. The van der Waals surface area contributed by atoms with Gasteiger partial charge < -0.3 is 67.7 Å². The van der Waals surface area contributed by atoms with E-state index in [-0.39, 0.29) is 54.4 Å². The Morgan fingerprint density at radius 2 is 1.18 bits per heavy atom. The summed E-state index contributed by atoms with van der Waals surface area (Å²) in [5, 5.41) is 20.1. The Morgan fingerprint density at radius 1 is 0.722 bits per heavy atom. The van der Waals surface area contributed by atoms with Crippen molar-refractivity contribution in [2.45, 2.75) is 91.1 Å². The fraction of sp³-hybridized carbons (Fsp3) is 0.733. The molecule has 2 amide bonds. The van der Waals surface area contributed by atoms with Gasteiger partial charge in [-0.15, -0.1) is 16.6 Å². The number of aromatic nitrogens is 9. The van der Waals surface area contributed by atoms with Crippen LogP contribution in [0.1, 0.15) is 96.4 Å². The largest absolute Gasteiger partial charge is 1.00 e. The first kappa shape index (κ1) is 59.1. The Bertz CT molecular complexity index is 2180. The highest BCUT2D eigenvalue weighted by atomic mass is 35.5. The molecule has 27 heteroatoms. The molecule has 5 rings (SSSR count). The summed E-state index contributed by atoms with van der Waals surface area (Å²) in [6, 6.07) is -2.83. The Labute approximate surface area is 425 Å². The van der Waals surface area contributed by atoms with Gasteiger partial charge in [-0.3, -0.25) is 9.59 Å². The maximum Gasteiger partial charge on any atom is 0.490 e. The van der Waals surface area contributed by atoms with Crippen LogP contribution in [0.15, 0.2) is 12.4 Å². The molecular formula is C45H71ClF3N16O7-. The van der Waals surface area contributed by atoms with Crippen LogP contribution in [0.3, 0.4) is 0 Å². The third kappa shape index (κ3) is 16.8. The molecule has 2 saturated heterocycles. The molecule has 3 aromatic heterocycles. The van der Waals surface area contributed by atoms with E-state index < -0.39 is 36.9 Å². The maximum atomic E-state index is 14.3. The number of halogens is 4. The fourth-order valence-electron chi connectivity index (χ4n) is 7.98. The summed E-state index contributed by atoms with van der Waals surface area (Å²) >= 11 is 0. The summed E-state index contributed by atoms with van der Waals surface area (Å²) < 4.78 is 61.9.